The Bertz CT molecular complexity index is 263. The number of amides is 2. The number of hydrazine groups is 1. The van der Waals surface area contributed by atoms with Crippen LogP contribution in [0.15, 0.2) is 12.2 Å². The van der Waals surface area contributed by atoms with E-state index >= 15 is 0 Å². The zero-order chi connectivity index (χ0) is 11.1. The molecule has 1 heterocycles. The normalized spacial score (nSPS) is 14.7. The first-order chi connectivity index (χ1) is 7.24. The minimum absolute atomic E-state index is 0.0923. The average molecular weight is 211 g/mol. The summed E-state index contributed by atoms with van der Waals surface area (Å²) in [5, 5.41) is 0. The lowest BCUT2D eigenvalue weighted by Crippen LogP contribution is -2.29. The van der Waals surface area contributed by atoms with Crippen molar-refractivity contribution in [3.63, 3.8) is 0 Å². The molecule has 0 aromatic heterocycles. The van der Waals surface area contributed by atoms with E-state index in [1.165, 1.54) is 0 Å². The quantitative estimate of drug-likeness (QED) is 0.279. The lowest BCUT2D eigenvalue weighted by Gasteiger charge is -2.14. The van der Waals surface area contributed by atoms with Gasteiger partial charge in [-0.1, -0.05) is 12.5 Å². The number of nitrogens with two attached hydrogens (primary N) is 1. The highest BCUT2D eigenvalue weighted by molar-refractivity contribution is 5.89. The Morgan fingerprint density at radius 3 is 2.87 bits per heavy atom. The highest BCUT2D eigenvalue weighted by Gasteiger charge is 2.13. The summed E-state index contributed by atoms with van der Waals surface area (Å²) in [6, 6.07) is 0. The molecule has 15 heavy (non-hydrogen) atoms. The van der Waals surface area contributed by atoms with Gasteiger partial charge in [0.05, 0.1) is 0 Å². The summed E-state index contributed by atoms with van der Waals surface area (Å²) < 4.78 is 0. The van der Waals surface area contributed by atoms with Gasteiger partial charge < -0.3 is 4.90 Å². The molecule has 84 valence electrons. The Morgan fingerprint density at radius 1 is 1.47 bits per heavy atom. The maximum Gasteiger partial charge on any atom is 0.246 e. The van der Waals surface area contributed by atoms with Crippen LogP contribution in [-0.2, 0) is 9.59 Å². The second-order valence-corrected chi connectivity index (χ2v) is 3.56. The average Bonchev–Trinajstić information content (AvgIpc) is 2.63. The van der Waals surface area contributed by atoms with E-state index in [4.69, 9.17) is 5.84 Å². The van der Waals surface area contributed by atoms with Crippen molar-refractivity contribution in [2.45, 2.75) is 25.7 Å². The molecule has 0 fully saturated rings. The molecular formula is C10H17N3O2. The monoisotopic (exact) mass is 211 g/mol. The van der Waals surface area contributed by atoms with E-state index in [1.807, 2.05) is 6.08 Å². The van der Waals surface area contributed by atoms with Crippen LogP contribution in [0.4, 0.5) is 0 Å². The number of hydrogen-bond donors (Lipinski definition) is 2. The van der Waals surface area contributed by atoms with Gasteiger partial charge in [-0.05, 0) is 12.8 Å². The molecule has 2 amide bonds. The molecule has 1 aliphatic rings. The number of carbonyl (C=O) groups excluding carboxylic acids is 2. The molecule has 0 spiro atoms. The van der Waals surface area contributed by atoms with E-state index in [9.17, 15) is 9.59 Å². The van der Waals surface area contributed by atoms with Crippen LogP contribution in [0.3, 0.4) is 0 Å². The summed E-state index contributed by atoms with van der Waals surface area (Å²) in [5.74, 6) is 4.91. The molecule has 1 rings (SSSR count). The predicted octanol–water partition coefficient (Wildman–Crippen LogP) is -0.0649. The van der Waals surface area contributed by atoms with Crippen molar-refractivity contribution in [3.05, 3.63) is 12.2 Å². The molecule has 0 aromatic rings. The molecular weight excluding hydrogens is 194 g/mol. The van der Waals surface area contributed by atoms with Gasteiger partial charge in [0, 0.05) is 25.6 Å². The summed E-state index contributed by atoms with van der Waals surface area (Å²) in [6.45, 7) is 1.50. The minimum atomic E-state index is -0.131. The van der Waals surface area contributed by atoms with Gasteiger partial charge in [0.2, 0.25) is 11.8 Å². The summed E-state index contributed by atoms with van der Waals surface area (Å²) in [5.41, 5.74) is 2.09. The third-order valence-corrected chi connectivity index (χ3v) is 2.39. The van der Waals surface area contributed by atoms with Crippen molar-refractivity contribution in [2.24, 2.45) is 5.84 Å². The van der Waals surface area contributed by atoms with Crippen LogP contribution in [0.25, 0.3) is 0 Å². The van der Waals surface area contributed by atoms with E-state index in [-0.39, 0.29) is 11.8 Å². The Hall–Kier alpha value is -1.36. The lowest BCUT2D eigenvalue weighted by molar-refractivity contribution is -0.124. The van der Waals surface area contributed by atoms with Gasteiger partial charge in [0.25, 0.3) is 0 Å². The van der Waals surface area contributed by atoms with Crippen LogP contribution >= 0.6 is 0 Å². The van der Waals surface area contributed by atoms with Crippen molar-refractivity contribution < 1.29 is 9.59 Å². The fourth-order valence-electron chi connectivity index (χ4n) is 1.51. The number of rotatable bonds is 6. The van der Waals surface area contributed by atoms with Gasteiger partial charge in [-0.15, -0.1) is 0 Å². The van der Waals surface area contributed by atoms with Crippen molar-refractivity contribution in [3.8, 4) is 0 Å². The second kappa shape index (κ2) is 6.19. The molecule has 0 unspecified atom stereocenters. The molecule has 0 bridgehead atoms. The zero-order valence-electron chi connectivity index (χ0n) is 8.74. The summed E-state index contributed by atoms with van der Waals surface area (Å²) in [6.07, 6.45) is 6.62. The maximum absolute atomic E-state index is 11.2. The van der Waals surface area contributed by atoms with E-state index < -0.39 is 0 Å². The fourth-order valence-corrected chi connectivity index (χ4v) is 1.51. The predicted molar refractivity (Wildman–Crippen MR) is 56.5 cm³/mol. The molecule has 5 heteroatoms. The highest BCUT2D eigenvalue weighted by atomic mass is 16.2. The largest absolute Gasteiger partial charge is 0.335 e. The smallest absolute Gasteiger partial charge is 0.246 e. The van der Waals surface area contributed by atoms with Gasteiger partial charge in [0.15, 0.2) is 0 Å². The highest BCUT2D eigenvalue weighted by Crippen LogP contribution is 2.05. The SMILES string of the molecule is NNC(=O)CCCCCN1CC=CC1=O. The van der Waals surface area contributed by atoms with Crippen LogP contribution in [0.5, 0.6) is 0 Å². The van der Waals surface area contributed by atoms with Crippen molar-refractivity contribution in [2.75, 3.05) is 13.1 Å². The van der Waals surface area contributed by atoms with E-state index in [1.54, 1.807) is 11.0 Å². The van der Waals surface area contributed by atoms with Crippen LogP contribution < -0.4 is 11.3 Å². The van der Waals surface area contributed by atoms with Crippen LogP contribution in [0, 0.1) is 0 Å². The lowest BCUT2D eigenvalue weighted by atomic mass is 10.2. The van der Waals surface area contributed by atoms with Crippen molar-refractivity contribution in [1.29, 1.82) is 0 Å². The third kappa shape index (κ3) is 4.12. The fraction of sp³-hybridized carbons (Fsp3) is 0.600. The van der Waals surface area contributed by atoms with Crippen molar-refractivity contribution >= 4 is 11.8 Å². The minimum Gasteiger partial charge on any atom is -0.335 e. The molecule has 1 aliphatic heterocycles. The standard InChI is InChI=1S/C10H17N3O2/c11-12-9(14)5-2-1-3-7-13-8-4-6-10(13)15/h4,6H,1-3,5,7-8,11H2,(H,12,14). The molecule has 0 aliphatic carbocycles. The number of hydrogen-bond acceptors (Lipinski definition) is 3. The van der Waals surface area contributed by atoms with Gasteiger partial charge in [-0.3, -0.25) is 15.0 Å². The molecule has 0 radical (unpaired) electrons. The first-order valence-electron chi connectivity index (χ1n) is 5.19. The molecule has 3 N–H and O–H groups in total. The Morgan fingerprint density at radius 2 is 2.27 bits per heavy atom. The zero-order valence-corrected chi connectivity index (χ0v) is 8.74. The van der Waals surface area contributed by atoms with Gasteiger partial charge >= 0.3 is 0 Å². The first kappa shape index (κ1) is 11.7. The Balaban J connectivity index is 1.98. The summed E-state index contributed by atoms with van der Waals surface area (Å²) in [4.78, 5) is 23.7. The van der Waals surface area contributed by atoms with Gasteiger partial charge in [-0.25, -0.2) is 5.84 Å². The summed E-state index contributed by atoms with van der Waals surface area (Å²) >= 11 is 0. The topological polar surface area (TPSA) is 75.4 Å². The number of nitrogens with zero attached hydrogens (tertiary/aromatic N) is 1. The molecule has 0 saturated heterocycles. The van der Waals surface area contributed by atoms with Gasteiger partial charge in [-0.2, -0.15) is 0 Å². The van der Waals surface area contributed by atoms with Crippen LogP contribution in [0.2, 0.25) is 0 Å². The number of unbranched alkanes of at least 4 members (excludes halogenated alkanes) is 2. The number of nitrogens with one attached hydrogen (secondary N) is 1. The van der Waals surface area contributed by atoms with Gasteiger partial charge in [0.1, 0.15) is 0 Å². The van der Waals surface area contributed by atoms with E-state index in [0.29, 0.717) is 6.42 Å². The van der Waals surface area contributed by atoms with E-state index in [0.717, 1.165) is 32.4 Å². The maximum atomic E-state index is 11.2. The van der Waals surface area contributed by atoms with E-state index in [2.05, 4.69) is 5.43 Å². The Labute approximate surface area is 89.3 Å². The molecule has 0 aromatic carbocycles. The third-order valence-electron chi connectivity index (χ3n) is 2.39. The van der Waals surface area contributed by atoms with Crippen LogP contribution in [0.1, 0.15) is 25.7 Å². The Kier molecular flexibility index (Phi) is 4.83. The molecule has 0 atom stereocenters. The number of carbonyl (C=O) groups is 2. The van der Waals surface area contributed by atoms with Crippen molar-refractivity contribution in [1.82, 2.24) is 10.3 Å². The first-order valence-corrected chi connectivity index (χ1v) is 5.19. The summed E-state index contributed by atoms with van der Waals surface area (Å²) in [7, 11) is 0. The second-order valence-electron chi connectivity index (χ2n) is 3.56. The molecule has 5 nitrogen and oxygen atoms in total. The molecule has 0 saturated carbocycles. The van der Waals surface area contributed by atoms with Crippen LogP contribution in [-0.4, -0.2) is 29.8 Å².